The molecule has 4 heteroatoms. The third-order valence-electron chi connectivity index (χ3n) is 2.37. The van der Waals surface area contributed by atoms with Gasteiger partial charge in [0.25, 0.3) is 0 Å². The van der Waals surface area contributed by atoms with Crippen LogP contribution in [0.25, 0.3) is 0 Å². The van der Waals surface area contributed by atoms with Gasteiger partial charge in [0.1, 0.15) is 5.82 Å². The van der Waals surface area contributed by atoms with E-state index in [0.717, 1.165) is 11.4 Å². The summed E-state index contributed by atoms with van der Waals surface area (Å²) in [4.78, 5) is 4.22. The molecule has 0 aliphatic heterocycles. The number of nitrogens with two attached hydrogens (primary N) is 1. The number of benzene rings is 1. The Bertz CT molecular complexity index is 447. The molecule has 2 rings (SSSR count). The molecule has 1 atom stereocenters. The van der Waals surface area contributed by atoms with Crippen LogP contribution in [0.4, 0.5) is 0 Å². The van der Waals surface area contributed by atoms with Gasteiger partial charge in [-0.25, -0.2) is 4.98 Å². The molecule has 0 bridgehead atoms. The number of imidazole rings is 1. The van der Waals surface area contributed by atoms with Gasteiger partial charge in [-0.1, -0.05) is 23.7 Å². The summed E-state index contributed by atoms with van der Waals surface area (Å²) in [6, 6.07) is 7.30. The molecule has 0 saturated carbocycles. The fraction of sp³-hybridized carbons (Fsp3) is 0.182. The largest absolute Gasteiger partial charge is 0.336 e. The van der Waals surface area contributed by atoms with Gasteiger partial charge >= 0.3 is 0 Å². The first-order valence-corrected chi connectivity index (χ1v) is 5.04. The summed E-state index contributed by atoms with van der Waals surface area (Å²) in [5.41, 5.74) is 7.09. The van der Waals surface area contributed by atoms with Crippen LogP contribution in [0.2, 0.25) is 5.02 Å². The molecule has 78 valence electrons. The topological polar surface area (TPSA) is 43.8 Å². The summed E-state index contributed by atoms with van der Waals surface area (Å²) >= 11 is 5.81. The van der Waals surface area contributed by atoms with Crippen LogP contribution in [0.3, 0.4) is 0 Å². The van der Waals surface area contributed by atoms with Gasteiger partial charge in [0.2, 0.25) is 0 Å². The molecule has 2 N–H and O–H groups in total. The van der Waals surface area contributed by atoms with Crippen LogP contribution in [0.1, 0.15) is 17.4 Å². The average Bonchev–Trinajstić information content (AvgIpc) is 2.65. The highest BCUT2D eigenvalue weighted by molar-refractivity contribution is 6.30. The fourth-order valence-electron chi connectivity index (χ4n) is 1.50. The first-order valence-electron chi connectivity index (χ1n) is 4.67. The highest BCUT2D eigenvalue weighted by Gasteiger charge is 2.12. The smallest absolute Gasteiger partial charge is 0.129 e. The van der Waals surface area contributed by atoms with Crippen LogP contribution >= 0.6 is 11.6 Å². The molecule has 0 amide bonds. The molecule has 1 aromatic heterocycles. The Balaban J connectivity index is 2.32. The molecule has 1 heterocycles. The van der Waals surface area contributed by atoms with Gasteiger partial charge in [0, 0.05) is 24.5 Å². The Kier molecular flexibility index (Phi) is 2.75. The van der Waals surface area contributed by atoms with Gasteiger partial charge < -0.3 is 10.3 Å². The van der Waals surface area contributed by atoms with Gasteiger partial charge in [-0.05, 0) is 17.7 Å². The third kappa shape index (κ3) is 2.03. The fourth-order valence-corrected chi connectivity index (χ4v) is 1.62. The Morgan fingerprint density at radius 1 is 1.33 bits per heavy atom. The van der Waals surface area contributed by atoms with Crippen molar-refractivity contribution < 1.29 is 0 Å². The number of rotatable bonds is 2. The Hall–Kier alpha value is -1.32. The molecule has 0 aliphatic carbocycles. The molecular formula is C11H12ClN3. The van der Waals surface area contributed by atoms with Gasteiger partial charge in [0.05, 0.1) is 6.04 Å². The summed E-state index contributed by atoms with van der Waals surface area (Å²) in [6.45, 7) is 0. The van der Waals surface area contributed by atoms with Crippen molar-refractivity contribution in [2.24, 2.45) is 12.8 Å². The van der Waals surface area contributed by atoms with Gasteiger partial charge in [-0.2, -0.15) is 0 Å². The third-order valence-corrected chi connectivity index (χ3v) is 2.62. The Morgan fingerprint density at radius 2 is 2.00 bits per heavy atom. The van der Waals surface area contributed by atoms with Crippen molar-refractivity contribution in [3.8, 4) is 0 Å². The standard InChI is InChI=1S/C11H12ClN3/c1-15-7-6-14-11(15)10(13)8-2-4-9(12)5-3-8/h2-7,10H,13H2,1H3/t10-/m1/s1. The maximum Gasteiger partial charge on any atom is 0.129 e. The number of nitrogens with zero attached hydrogens (tertiary/aromatic N) is 2. The maximum absolute atomic E-state index is 6.09. The van der Waals surface area contributed by atoms with E-state index >= 15 is 0 Å². The van der Waals surface area contributed by atoms with Crippen molar-refractivity contribution in [1.29, 1.82) is 0 Å². The molecule has 0 fully saturated rings. The van der Waals surface area contributed by atoms with Gasteiger partial charge in [-0.15, -0.1) is 0 Å². The van der Waals surface area contributed by atoms with E-state index in [1.54, 1.807) is 6.20 Å². The van der Waals surface area contributed by atoms with Crippen LogP contribution in [0.5, 0.6) is 0 Å². The minimum atomic E-state index is -0.206. The van der Waals surface area contributed by atoms with Crippen LogP contribution in [0.15, 0.2) is 36.7 Å². The zero-order valence-electron chi connectivity index (χ0n) is 8.39. The van der Waals surface area contributed by atoms with E-state index in [9.17, 15) is 0 Å². The molecule has 2 aromatic rings. The minimum absolute atomic E-state index is 0.206. The van der Waals surface area contributed by atoms with E-state index in [4.69, 9.17) is 17.3 Å². The number of hydrogen-bond donors (Lipinski definition) is 1. The summed E-state index contributed by atoms with van der Waals surface area (Å²) in [5.74, 6) is 0.845. The zero-order chi connectivity index (χ0) is 10.8. The predicted octanol–water partition coefficient (Wildman–Crippen LogP) is 2.12. The quantitative estimate of drug-likeness (QED) is 0.844. The van der Waals surface area contributed by atoms with E-state index in [-0.39, 0.29) is 6.04 Å². The van der Waals surface area contributed by atoms with Crippen LogP contribution in [-0.2, 0) is 7.05 Å². The van der Waals surface area contributed by atoms with E-state index in [0.29, 0.717) is 5.02 Å². The van der Waals surface area contributed by atoms with Gasteiger partial charge in [0.15, 0.2) is 0 Å². The summed E-state index contributed by atoms with van der Waals surface area (Å²) < 4.78 is 1.92. The number of aromatic nitrogens is 2. The van der Waals surface area contributed by atoms with Crippen molar-refractivity contribution in [3.63, 3.8) is 0 Å². The van der Waals surface area contributed by atoms with Crippen molar-refractivity contribution in [1.82, 2.24) is 9.55 Å². The van der Waals surface area contributed by atoms with E-state index in [2.05, 4.69) is 4.98 Å². The minimum Gasteiger partial charge on any atom is -0.336 e. The zero-order valence-corrected chi connectivity index (χ0v) is 9.15. The SMILES string of the molecule is Cn1ccnc1[C@H](N)c1ccc(Cl)cc1. The second-order valence-electron chi connectivity index (χ2n) is 3.43. The Labute approximate surface area is 93.5 Å². The number of halogens is 1. The van der Waals surface area contributed by atoms with Crippen LogP contribution in [-0.4, -0.2) is 9.55 Å². The first-order chi connectivity index (χ1) is 7.18. The molecule has 0 spiro atoms. The van der Waals surface area contributed by atoms with Gasteiger partial charge in [-0.3, -0.25) is 0 Å². The highest BCUT2D eigenvalue weighted by atomic mass is 35.5. The molecule has 1 aromatic carbocycles. The van der Waals surface area contributed by atoms with Crippen molar-refractivity contribution in [2.75, 3.05) is 0 Å². The molecule has 0 aliphatic rings. The monoisotopic (exact) mass is 221 g/mol. The summed E-state index contributed by atoms with van der Waals surface area (Å²) in [6.07, 6.45) is 3.62. The number of aryl methyl sites for hydroxylation is 1. The van der Waals surface area contributed by atoms with E-state index in [1.165, 1.54) is 0 Å². The van der Waals surface area contributed by atoms with Crippen molar-refractivity contribution in [3.05, 3.63) is 53.1 Å². The van der Waals surface area contributed by atoms with E-state index < -0.39 is 0 Å². The second kappa shape index (κ2) is 4.04. The lowest BCUT2D eigenvalue weighted by Gasteiger charge is -2.11. The maximum atomic E-state index is 6.09. The lowest BCUT2D eigenvalue weighted by atomic mass is 10.1. The molecular weight excluding hydrogens is 210 g/mol. The predicted molar refractivity (Wildman–Crippen MR) is 60.7 cm³/mol. The van der Waals surface area contributed by atoms with Crippen LogP contribution < -0.4 is 5.73 Å². The summed E-state index contributed by atoms with van der Waals surface area (Å²) in [5, 5.41) is 0.714. The molecule has 15 heavy (non-hydrogen) atoms. The molecule has 0 unspecified atom stereocenters. The molecule has 0 saturated heterocycles. The normalized spacial score (nSPS) is 12.7. The molecule has 0 radical (unpaired) electrons. The average molecular weight is 222 g/mol. The molecule has 3 nitrogen and oxygen atoms in total. The lowest BCUT2D eigenvalue weighted by Crippen LogP contribution is -2.16. The first kappa shape index (κ1) is 10.2. The van der Waals surface area contributed by atoms with Crippen molar-refractivity contribution in [2.45, 2.75) is 6.04 Å². The Morgan fingerprint density at radius 3 is 2.53 bits per heavy atom. The second-order valence-corrected chi connectivity index (χ2v) is 3.86. The highest BCUT2D eigenvalue weighted by Crippen LogP contribution is 2.19. The van der Waals surface area contributed by atoms with Crippen LogP contribution in [0, 0.1) is 0 Å². The summed E-state index contributed by atoms with van der Waals surface area (Å²) in [7, 11) is 1.93. The van der Waals surface area contributed by atoms with E-state index in [1.807, 2.05) is 42.1 Å². The lowest BCUT2D eigenvalue weighted by molar-refractivity contribution is 0.717. The van der Waals surface area contributed by atoms with Crippen molar-refractivity contribution >= 4 is 11.6 Å². The number of hydrogen-bond acceptors (Lipinski definition) is 2.